The molecule has 20 heavy (non-hydrogen) atoms. The summed E-state index contributed by atoms with van der Waals surface area (Å²) in [6.07, 6.45) is 1.98. The van der Waals surface area contributed by atoms with E-state index in [1.165, 1.54) is 16.7 Å². The summed E-state index contributed by atoms with van der Waals surface area (Å²) in [6.45, 7) is 7.42. The lowest BCUT2D eigenvalue weighted by atomic mass is 10.1. The molecule has 2 aromatic rings. The summed E-state index contributed by atoms with van der Waals surface area (Å²) < 4.78 is 0. The van der Waals surface area contributed by atoms with Gasteiger partial charge >= 0.3 is 0 Å². The number of rotatable bonds is 6. The molecule has 1 aromatic heterocycles. The quantitative estimate of drug-likeness (QED) is 0.799. The third-order valence-corrected chi connectivity index (χ3v) is 4.40. The highest BCUT2D eigenvalue weighted by molar-refractivity contribution is 7.98. The minimum atomic E-state index is 0.364. The van der Waals surface area contributed by atoms with Gasteiger partial charge in [-0.15, -0.1) is 11.8 Å². The third-order valence-electron chi connectivity index (χ3n) is 3.41. The molecular formula is C17H22N2S. The van der Waals surface area contributed by atoms with Gasteiger partial charge in [0.25, 0.3) is 0 Å². The van der Waals surface area contributed by atoms with Gasteiger partial charge in [0.15, 0.2) is 0 Å². The Labute approximate surface area is 126 Å². The number of hydrogen-bond donors (Lipinski definition) is 1. The maximum absolute atomic E-state index is 4.55. The summed E-state index contributed by atoms with van der Waals surface area (Å²) in [4.78, 5) is 4.55. The standard InChI is InChI=1S/C17H22N2S/c1-4-18-14(3)15-9-10-17(19-11-15)20-12-16-8-6-5-7-13(16)2/h5-11,14,18H,4,12H2,1-3H3. The summed E-state index contributed by atoms with van der Waals surface area (Å²) in [5.74, 6) is 0.974. The maximum atomic E-state index is 4.55. The second-order valence-electron chi connectivity index (χ2n) is 4.92. The van der Waals surface area contributed by atoms with Crippen LogP contribution >= 0.6 is 11.8 Å². The SMILES string of the molecule is CCNC(C)c1ccc(SCc2ccccc2C)nc1. The fraction of sp³-hybridized carbons (Fsp3) is 0.353. The first-order valence-electron chi connectivity index (χ1n) is 7.07. The number of thioether (sulfide) groups is 1. The van der Waals surface area contributed by atoms with Crippen molar-refractivity contribution < 1.29 is 0 Å². The van der Waals surface area contributed by atoms with Crippen molar-refractivity contribution in [2.75, 3.05) is 6.54 Å². The number of benzene rings is 1. The molecule has 0 saturated carbocycles. The minimum Gasteiger partial charge on any atom is -0.310 e. The van der Waals surface area contributed by atoms with E-state index in [1.54, 1.807) is 11.8 Å². The number of nitrogens with zero attached hydrogens (tertiary/aromatic N) is 1. The second-order valence-corrected chi connectivity index (χ2v) is 5.92. The highest BCUT2D eigenvalue weighted by atomic mass is 32.2. The monoisotopic (exact) mass is 286 g/mol. The van der Waals surface area contributed by atoms with Crippen LogP contribution in [-0.2, 0) is 5.75 Å². The predicted octanol–water partition coefficient (Wildman–Crippen LogP) is 4.35. The molecule has 1 heterocycles. The van der Waals surface area contributed by atoms with Crippen molar-refractivity contribution >= 4 is 11.8 Å². The van der Waals surface area contributed by atoms with E-state index in [1.807, 2.05) is 6.20 Å². The van der Waals surface area contributed by atoms with Crippen LogP contribution in [-0.4, -0.2) is 11.5 Å². The molecule has 0 aliphatic rings. The Morgan fingerprint density at radius 3 is 2.65 bits per heavy atom. The van der Waals surface area contributed by atoms with Crippen molar-refractivity contribution in [3.8, 4) is 0 Å². The average molecular weight is 286 g/mol. The molecule has 0 saturated heterocycles. The van der Waals surface area contributed by atoms with E-state index in [0.29, 0.717) is 6.04 Å². The molecule has 0 spiro atoms. The summed E-state index contributed by atoms with van der Waals surface area (Å²) >= 11 is 1.79. The van der Waals surface area contributed by atoms with Gasteiger partial charge < -0.3 is 5.32 Å². The number of pyridine rings is 1. The van der Waals surface area contributed by atoms with E-state index < -0.39 is 0 Å². The van der Waals surface area contributed by atoms with Crippen LogP contribution in [0.2, 0.25) is 0 Å². The number of aryl methyl sites for hydroxylation is 1. The van der Waals surface area contributed by atoms with Crippen LogP contribution in [0.3, 0.4) is 0 Å². The molecule has 106 valence electrons. The Kier molecular flexibility index (Phi) is 5.62. The van der Waals surface area contributed by atoms with Crippen LogP contribution in [0.15, 0.2) is 47.6 Å². The van der Waals surface area contributed by atoms with Crippen LogP contribution in [0.25, 0.3) is 0 Å². The van der Waals surface area contributed by atoms with Crippen molar-refractivity contribution in [2.45, 2.75) is 37.6 Å². The Morgan fingerprint density at radius 1 is 1.20 bits per heavy atom. The van der Waals surface area contributed by atoms with Crippen LogP contribution in [0.1, 0.15) is 36.6 Å². The Bertz CT molecular complexity index is 537. The van der Waals surface area contributed by atoms with Gasteiger partial charge in [-0.05, 0) is 43.1 Å². The fourth-order valence-electron chi connectivity index (χ4n) is 2.08. The summed E-state index contributed by atoms with van der Waals surface area (Å²) in [6, 6.07) is 13.2. The normalized spacial score (nSPS) is 12.3. The van der Waals surface area contributed by atoms with E-state index in [9.17, 15) is 0 Å². The molecular weight excluding hydrogens is 264 g/mol. The molecule has 0 aliphatic carbocycles. The zero-order valence-corrected chi connectivity index (χ0v) is 13.2. The summed E-state index contributed by atoms with van der Waals surface area (Å²) in [5, 5.41) is 4.48. The Balaban J connectivity index is 1.96. The minimum absolute atomic E-state index is 0.364. The van der Waals surface area contributed by atoms with E-state index in [2.05, 4.69) is 67.5 Å². The van der Waals surface area contributed by atoms with Gasteiger partial charge in [0, 0.05) is 18.0 Å². The molecule has 0 fully saturated rings. The van der Waals surface area contributed by atoms with Gasteiger partial charge in [0.1, 0.15) is 0 Å². The van der Waals surface area contributed by atoms with Crippen LogP contribution in [0, 0.1) is 6.92 Å². The number of aromatic nitrogens is 1. The van der Waals surface area contributed by atoms with E-state index in [-0.39, 0.29) is 0 Å². The fourth-order valence-corrected chi connectivity index (χ4v) is 3.00. The molecule has 1 aromatic carbocycles. The first kappa shape index (κ1) is 15.1. The van der Waals surface area contributed by atoms with Gasteiger partial charge in [0.05, 0.1) is 5.03 Å². The highest BCUT2D eigenvalue weighted by Gasteiger charge is 2.05. The average Bonchev–Trinajstić information content (AvgIpc) is 2.47. The topological polar surface area (TPSA) is 24.9 Å². The van der Waals surface area contributed by atoms with Crippen molar-refractivity contribution in [1.29, 1.82) is 0 Å². The Hall–Kier alpha value is -1.32. The Morgan fingerprint density at radius 2 is 2.00 bits per heavy atom. The first-order chi connectivity index (χ1) is 9.70. The van der Waals surface area contributed by atoms with Crippen molar-refractivity contribution in [1.82, 2.24) is 10.3 Å². The van der Waals surface area contributed by atoms with Crippen molar-refractivity contribution in [3.63, 3.8) is 0 Å². The largest absolute Gasteiger partial charge is 0.310 e. The predicted molar refractivity (Wildman–Crippen MR) is 87.1 cm³/mol. The molecule has 0 bridgehead atoms. The summed E-state index contributed by atoms with van der Waals surface area (Å²) in [5.41, 5.74) is 3.97. The van der Waals surface area contributed by atoms with Gasteiger partial charge in [0.2, 0.25) is 0 Å². The zero-order chi connectivity index (χ0) is 14.4. The number of nitrogens with one attached hydrogen (secondary N) is 1. The van der Waals surface area contributed by atoms with Crippen LogP contribution < -0.4 is 5.32 Å². The lowest BCUT2D eigenvalue weighted by Gasteiger charge is -2.12. The van der Waals surface area contributed by atoms with E-state index >= 15 is 0 Å². The molecule has 1 N–H and O–H groups in total. The molecule has 0 aliphatic heterocycles. The molecule has 1 atom stereocenters. The smallest absolute Gasteiger partial charge is 0.0963 e. The molecule has 0 radical (unpaired) electrons. The van der Waals surface area contributed by atoms with Crippen LogP contribution in [0.5, 0.6) is 0 Å². The van der Waals surface area contributed by atoms with Gasteiger partial charge in [-0.1, -0.05) is 37.3 Å². The molecule has 2 rings (SSSR count). The van der Waals surface area contributed by atoms with Gasteiger partial charge in [-0.25, -0.2) is 4.98 Å². The van der Waals surface area contributed by atoms with Crippen molar-refractivity contribution in [2.24, 2.45) is 0 Å². The maximum Gasteiger partial charge on any atom is 0.0963 e. The molecule has 1 unspecified atom stereocenters. The van der Waals surface area contributed by atoms with Crippen molar-refractivity contribution in [3.05, 3.63) is 59.3 Å². The van der Waals surface area contributed by atoms with Gasteiger partial charge in [-0.3, -0.25) is 0 Å². The number of hydrogen-bond acceptors (Lipinski definition) is 3. The second kappa shape index (κ2) is 7.46. The summed E-state index contributed by atoms with van der Waals surface area (Å²) in [7, 11) is 0. The third kappa shape index (κ3) is 4.09. The van der Waals surface area contributed by atoms with Crippen LogP contribution in [0.4, 0.5) is 0 Å². The molecule has 3 heteroatoms. The lowest BCUT2D eigenvalue weighted by molar-refractivity contribution is 0.595. The lowest BCUT2D eigenvalue weighted by Crippen LogP contribution is -2.17. The first-order valence-corrected chi connectivity index (χ1v) is 8.06. The highest BCUT2D eigenvalue weighted by Crippen LogP contribution is 2.23. The van der Waals surface area contributed by atoms with Gasteiger partial charge in [-0.2, -0.15) is 0 Å². The molecule has 2 nitrogen and oxygen atoms in total. The van der Waals surface area contributed by atoms with E-state index in [4.69, 9.17) is 0 Å². The van der Waals surface area contributed by atoms with E-state index in [0.717, 1.165) is 17.3 Å². The zero-order valence-electron chi connectivity index (χ0n) is 12.4. The molecule has 0 amide bonds.